The molecule has 15 heavy (non-hydrogen) atoms. The van der Waals surface area contributed by atoms with Gasteiger partial charge in [-0.05, 0) is 30.2 Å². The van der Waals surface area contributed by atoms with Gasteiger partial charge in [-0.3, -0.25) is 0 Å². The molecule has 0 atom stereocenters. The fourth-order valence-electron chi connectivity index (χ4n) is 1.37. The zero-order valence-electron chi connectivity index (χ0n) is 8.96. The number of carbonyl (C=O) groups excluding carboxylic acids is 1. The summed E-state index contributed by atoms with van der Waals surface area (Å²) in [6, 6.07) is 3.47. The number of carbonyl (C=O) groups is 1. The van der Waals surface area contributed by atoms with E-state index in [0.717, 1.165) is 11.1 Å². The van der Waals surface area contributed by atoms with Crippen LogP contribution in [0.25, 0.3) is 0 Å². The van der Waals surface area contributed by atoms with Crippen molar-refractivity contribution in [1.82, 2.24) is 0 Å². The lowest BCUT2D eigenvalue weighted by Crippen LogP contribution is -2.07. The Morgan fingerprint density at radius 3 is 2.53 bits per heavy atom. The third-order valence-corrected chi connectivity index (χ3v) is 2.49. The molecule has 82 valence electrons. The number of hydrogen-bond acceptors (Lipinski definition) is 3. The van der Waals surface area contributed by atoms with Crippen molar-refractivity contribution < 1.29 is 14.3 Å². The van der Waals surface area contributed by atoms with E-state index in [1.54, 1.807) is 13.2 Å². The maximum atomic E-state index is 11.5. The second-order valence-electron chi connectivity index (χ2n) is 3.10. The standard InChI is InChI=1S/C11H13ClO3/c1-7-4-8(14-2)5-9(10(7)6-12)11(13)15-3/h4-5H,6H2,1-3H3. The van der Waals surface area contributed by atoms with Crippen molar-refractivity contribution in [2.75, 3.05) is 14.2 Å². The zero-order chi connectivity index (χ0) is 11.4. The van der Waals surface area contributed by atoms with Gasteiger partial charge < -0.3 is 9.47 Å². The molecule has 0 saturated carbocycles. The first kappa shape index (κ1) is 11.9. The summed E-state index contributed by atoms with van der Waals surface area (Å²) in [5.41, 5.74) is 2.17. The SMILES string of the molecule is COC(=O)c1cc(OC)cc(C)c1CCl. The van der Waals surface area contributed by atoms with Crippen molar-refractivity contribution in [2.45, 2.75) is 12.8 Å². The van der Waals surface area contributed by atoms with E-state index in [0.29, 0.717) is 11.3 Å². The fraction of sp³-hybridized carbons (Fsp3) is 0.364. The van der Waals surface area contributed by atoms with Crippen LogP contribution in [0.2, 0.25) is 0 Å². The van der Waals surface area contributed by atoms with Gasteiger partial charge in [0, 0.05) is 5.88 Å². The maximum Gasteiger partial charge on any atom is 0.338 e. The van der Waals surface area contributed by atoms with Crippen LogP contribution in [0.1, 0.15) is 21.5 Å². The lowest BCUT2D eigenvalue weighted by atomic mass is 10.0. The molecule has 0 aliphatic rings. The molecule has 0 saturated heterocycles. The van der Waals surface area contributed by atoms with Crippen molar-refractivity contribution in [3.05, 3.63) is 28.8 Å². The number of benzene rings is 1. The molecule has 0 radical (unpaired) electrons. The molecule has 0 aliphatic carbocycles. The molecule has 0 aromatic heterocycles. The van der Waals surface area contributed by atoms with Gasteiger partial charge in [0.05, 0.1) is 19.8 Å². The summed E-state index contributed by atoms with van der Waals surface area (Å²) < 4.78 is 9.76. The predicted molar refractivity (Wildman–Crippen MR) is 58.6 cm³/mol. The Hall–Kier alpha value is -1.22. The molecular weight excluding hydrogens is 216 g/mol. The summed E-state index contributed by atoms with van der Waals surface area (Å²) in [4.78, 5) is 11.5. The van der Waals surface area contributed by atoms with E-state index in [1.807, 2.05) is 13.0 Å². The summed E-state index contributed by atoms with van der Waals surface area (Å²) in [5, 5.41) is 0. The monoisotopic (exact) mass is 228 g/mol. The average Bonchev–Trinajstić information content (AvgIpc) is 2.26. The summed E-state index contributed by atoms with van der Waals surface area (Å²) in [5.74, 6) is 0.509. The molecule has 0 amide bonds. The third-order valence-electron chi connectivity index (χ3n) is 2.22. The molecule has 0 bridgehead atoms. The molecule has 0 aliphatic heterocycles. The van der Waals surface area contributed by atoms with Crippen LogP contribution in [0.4, 0.5) is 0 Å². The number of aryl methyl sites for hydroxylation is 1. The highest BCUT2D eigenvalue weighted by atomic mass is 35.5. The molecule has 1 rings (SSSR count). The van der Waals surface area contributed by atoms with Gasteiger partial charge in [-0.2, -0.15) is 0 Å². The smallest absolute Gasteiger partial charge is 0.338 e. The molecular formula is C11H13ClO3. The Bertz CT molecular complexity index is 374. The van der Waals surface area contributed by atoms with Gasteiger partial charge in [0.1, 0.15) is 5.75 Å². The Kier molecular flexibility index (Phi) is 3.97. The number of alkyl halides is 1. The lowest BCUT2D eigenvalue weighted by molar-refractivity contribution is 0.0599. The minimum atomic E-state index is -0.396. The van der Waals surface area contributed by atoms with Crippen LogP contribution in [0.3, 0.4) is 0 Å². The molecule has 1 aromatic rings. The molecule has 0 unspecified atom stereocenters. The zero-order valence-corrected chi connectivity index (χ0v) is 9.72. The van der Waals surface area contributed by atoms with Gasteiger partial charge in [-0.1, -0.05) is 0 Å². The van der Waals surface area contributed by atoms with Crippen LogP contribution in [0.5, 0.6) is 5.75 Å². The maximum absolute atomic E-state index is 11.5. The third kappa shape index (κ3) is 2.42. The predicted octanol–water partition coefficient (Wildman–Crippen LogP) is 2.53. The van der Waals surface area contributed by atoms with Gasteiger partial charge in [-0.25, -0.2) is 4.79 Å². The number of halogens is 1. The van der Waals surface area contributed by atoms with E-state index in [2.05, 4.69) is 4.74 Å². The Morgan fingerprint density at radius 2 is 2.07 bits per heavy atom. The molecule has 1 aromatic carbocycles. The summed E-state index contributed by atoms with van der Waals surface area (Å²) >= 11 is 5.79. The molecule has 0 heterocycles. The van der Waals surface area contributed by atoms with Crippen LogP contribution in [-0.4, -0.2) is 20.2 Å². The van der Waals surface area contributed by atoms with Crippen LogP contribution >= 0.6 is 11.6 Å². The topological polar surface area (TPSA) is 35.5 Å². The number of hydrogen-bond donors (Lipinski definition) is 0. The van der Waals surface area contributed by atoms with E-state index >= 15 is 0 Å². The van der Waals surface area contributed by atoms with Crippen LogP contribution in [0, 0.1) is 6.92 Å². The lowest BCUT2D eigenvalue weighted by Gasteiger charge is -2.11. The van der Waals surface area contributed by atoms with E-state index < -0.39 is 5.97 Å². The quantitative estimate of drug-likeness (QED) is 0.589. The van der Waals surface area contributed by atoms with Crippen molar-refractivity contribution in [1.29, 1.82) is 0 Å². The molecule has 4 heteroatoms. The van der Waals surface area contributed by atoms with E-state index in [9.17, 15) is 4.79 Å². The highest BCUT2D eigenvalue weighted by Crippen LogP contribution is 2.24. The van der Waals surface area contributed by atoms with Crippen molar-refractivity contribution in [2.24, 2.45) is 0 Å². The first-order valence-electron chi connectivity index (χ1n) is 4.45. The Morgan fingerprint density at radius 1 is 1.40 bits per heavy atom. The second-order valence-corrected chi connectivity index (χ2v) is 3.36. The summed E-state index contributed by atoms with van der Waals surface area (Å²) in [6.45, 7) is 1.88. The molecule has 0 fully saturated rings. The first-order valence-corrected chi connectivity index (χ1v) is 4.99. The normalized spacial score (nSPS) is 9.87. The number of ether oxygens (including phenoxy) is 2. The first-order chi connectivity index (χ1) is 7.13. The average molecular weight is 229 g/mol. The highest BCUT2D eigenvalue weighted by Gasteiger charge is 2.15. The number of methoxy groups -OCH3 is 2. The highest BCUT2D eigenvalue weighted by molar-refractivity contribution is 6.17. The molecule has 0 spiro atoms. The van der Waals surface area contributed by atoms with Crippen LogP contribution in [0.15, 0.2) is 12.1 Å². The number of esters is 1. The van der Waals surface area contributed by atoms with Crippen LogP contribution < -0.4 is 4.74 Å². The van der Waals surface area contributed by atoms with Gasteiger partial charge in [-0.15, -0.1) is 11.6 Å². The summed E-state index contributed by atoms with van der Waals surface area (Å²) in [6.07, 6.45) is 0. The van der Waals surface area contributed by atoms with E-state index in [4.69, 9.17) is 16.3 Å². The Balaban J connectivity index is 3.32. The minimum Gasteiger partial charge on any atom is -0.497 e. The van der Waals surface area contributed by atoms with Crippen LogP contribution in [-0.2, 0) is 10.6 Å². The van der Waals surface area contributed by atoms with Gasteiger partial charge in [0.25, 0.3) is 0 Å². The van der Waals surface area contributed by atoms with Gasteiger partial charge in [0.15, 0.2) is 0 Å². The van der Waals surface area contributed by atoms with E-state index in [-0.39, 0.29) is 5.88 Å². The van der Waals surface area contributed by atoms with Gasteiger partial charge >= 0.3 is 5.97 Å². The number of rotatable bonds is 3. The Labute approximate surface area is 93.9 Å². The van der Waals surface area contributed by atoms with Crippen molar-refractivity contribution in [3.63, 3.8) is 0 Å². The van der Waals surface area contributed by atoms with Gasteiger partial charge in [0.2, 0.25) is 0 Å². The fourth-order valence-corrected chi connectivity index (χ4v) is 1.73. The van der Waals surface area contributed by atoms with E-state index in [1.165, 1.54) is 7.11 Å². The van der Waals surface area contributed by atoms with Crippen molar-refractivity contribution in [3.8, 4) is 5.75 Å². The summed E-state index contributed by atoms with van der Waals surface area (Å²) in [7, 11) is 2.89. The molecule has 0 N–H and O–H groups in total. The second kappa shape index (κ2) is 5.03. The minimum absolute atomic E-state index is 0.278. The van der Waals surface area contributed by atoms with Crippen molar-refractivity contribution >= 4 is 17.6 Å². The largest absolute Gasteiger partial charge is 0.497 e. The molecule has 3 nitrogen and oxygen atoms in total.